The maximum absolute atomic E-state index is 12.1. The van der Waals surface area contributed by atoms with Gasteiger partial charge >= 0.3 is 0 Å². The quantitative estimate of drug-likeness (QED) is 0.766. The first-order valence-corrected chi connectivity index (χ1v) is 12.7. The van der Waals surface area contributed by atoms with Gasteiger partial charge in [0.2, 0.25) is 10.0 Å². The number of likely N-dealkylation sites (tertiary alicyclic amines) is 1. The Labute approximate surface area is 180 Å². The molecule has 6 heteroatoms. The number of β-amino-alcohol motifs (C(OH)–C–C–N with tert-alkyl or cyclic N) is 1. The molecule has 0 unspecified atom stereocenters. The van der Waals surface area contributed by atoms with Gasteiger partial charge in [0.25, 0.3) is 0 Å². The van der Waals surface area contributed by atoms with Gasteiger partial charge < -0.3 is 10.0 Å². The summed E-state index contributed by atoms with van der Waals surface area (Å²) in [5.74, 6) is 0.712. The van der Waals surface area contributed by atoms with E-state index in [4.69, 9.17) is 0 Å². The lowest BCUT2D eigenvalue weighted by Gasteiger charge is -2.33. The van der Waals surface area contributed by atoms with Crippen LogP contribution in [-0.2, 0) is 22.9 Å². The predicted molar refractivity (Wildman–Crippen MR) is 121 cm³/mol. The van der Waals surface area contributed by atoms with Crippen molar-refractivity contribution in [1.82, 2.24) is 4.90 Å². The normalized spacial score (nSPS) is 21.6. The third-order valence-electron chi connectivity index (χ3n) is 6.50. The number of sulfonamides is 1. The second-order valence-electron chi connectivity index (χ2n) is 8.95. The lowest BCUT2D eigenvalue weighted by molar-refractivity contribution is 0.0893. The van der Waals surface area contributed by atoms with Crippen molar-refractivity contribution < 1.29 is 13.5 Å². The van der Waals surface area contributed by atoms with E-state index in [-0.39, 0.29) is 6.04 Å². The van der Waals surface area contributed by atoms with Gasteiger partial charge in [-0.1, -0.05) is 42.5 Å². The smallest absolute Gasteiger partial charge is 0.232 e. The highest BCUT2D eigenvalue weighted by molar-refractivity contribution is 7.92. The van der Waals surface area contributed by atoms with E-state index in [0.717, 1.165) is 49.2 Å². The highest BCUT2D eigenvalue weighted by Gasteiger charge is 2.33. The Morgan fingerprint density at radius 1 is 1.10 bits per heavy atom. The van der Waals surface area contributed by atoms with E-state index >= 15 is 0 Å². The molecule has 5 nitrogen and oxygen atoms in total. The van der Waals surface area contributed by atoms with Crippen molar-refractivity contribution in [1.29, 1.82) is 0 Å². The molecule has 0 radical (unpaired) electrons. The van der Waals surface area contributed by atoms with Crippen molar-refractivity contribution in [2.45, 2.75) is 44.8 Å². The Kier molecular flexibility index (Phi) is 6.19. The second-order valence-corrected chi connectivity index (χ2v) is 10.8. The van der Waals surface area contributed by atoms with E-state index in [9.17, 15) is 13.5 Å². The Bertz CT molecular complexity index is 969. The van der Waals surface area contributed by atoms with Crippen molar-refractivity contribution in [3.63, 3.8) is 0 Å². The molecule has 162 valence electrons. The Balaban J connectivity index is 1.34. The fourth-order valence-electron chi connectivity index (χ4n) is 5.01. The molecule has 1 N–H and O–H groups in total. The van der Waals surface area contributed by atoms with E-state index in [1.165, 1.54) is 16.1 Å². The number of benzene rings is 2. The molecule has 30 heavy (non-hydrogen) atoms. The summed E-state index contributed by atoms with van der Waals surface area (Å²) in [7, 11) is -3.29. The number of piperidine rings is 1. The van der Waals surface area contributed by atoms with Crippen LogP contribution in [0.2, 0.25) is 0 Å². The third kappa shape index (κ3) is 4.71. The van der Waals surface area contributed by atoms with Crippen LogP contribution < -0.4 is 4.31 Å². The highest BCUT2D eigenvalue weighted by Crippen LogP contribution is 2.36. The van der Waals surface area contributed by atoms with Crippen LogP contribution in [0.1, 0.15) is 42.6 Å². The molecule has 2 heterocycles. The summed E-state index contributed by atoms with van der Waals surface area (Å²) in [5, 5.41) is 10.8. The van der Waals surface area contributed by atoms with E-state index in [1.807, 2.05) is 25.1 Å². The molecule has 0 spiro atoms. The predicted octanol–water partition coefficient (Wildman–Crippen LogP) is 3.39. The SMILES string of the molecule is C[C@H]1Cc2cc([C@@H](O)CN3CCC(Cc4ccccc4)CC3)ccc2N1S(C)(=O)=O. The van der Waals surface area contributed by atoms with Crippen molar-refractivity contribution >= 4 is 15.7 Å². The summed E-state index contributed by atoms with van der Waals surface area (Å²) in [6, 6.07) is 16.3. The van der Waals surface area contributed by atoms with Crippen molar-refractivity contribution in [2.24, 2.45) is 5.92 Å². The average molecular weight is 429 g/mol. The van der Waals surface area contributed by atoms with Gasteiger partial charge in [-0.3, -0.25) is 4.31 Å². The van der Waals surface area contributed by atoms with Crippen LogP contribution in [-0.4, -0.2) is 50.4 Å². The molecule has 1 fully saturated rings. The number of aliphatic hydroxyl groups is 1. The molecule has 2 aromatic carbocycles. The number of fused-ring (bicyclic) bond motifs is 1. The number of hydrogen-bond donors (Lipinski definition) is 1. The highest BCUT2D eigenvalue weighted by atomic mass is 32.2. The summed E-state index contributed by atoms with van der Waals surface area (Å²) in [6.45, 7) is 4.58. The van der Waals surface area contributed by atoms with E-state index in [1.54, 1.807) is 0 Å². The number of anilines is 1. The van der Waals surface area contributed by atoms with Gasteiger partial charge in [-0.2, -0.15) is 0 Å². The molecule has 0 aromatic heterocycles. The second kappa shape index (κ2) is 8.69. The monoisotopic (exact) mass is 428 g/mol. The minimum absolute atomic E-state index is 0.0777. The number of aliphatic hydroxyl groups excluding tert-OH is 1. The number of hydrogen-bond acceptors (Lipinski definition) is 4. The molecule has 0 amide bonds. The molecule has 2 aliphatic heterocycles. The molecule has 2 atom stereocenters. The molecule has 2 aromatic rings. The lowest BCUT2D eigenvalue weighted by atomic mass is 9.90. The third-order valence-corrected chi connectivity index (χ3v) is 7.78. The number of nitrogens with zero attached hydrogens (tertiary/aromatic N) is 2. The fourth-order valence-corrected chi connectivity index (χ4v) is 6.27. The molecule has 1 saturated heterocycles. The topological polar surface area (TPSA) is 60.9 Å². The average Bonchev–Trinajstić information content (AvgIpc) is 3.05. The minimum atomic E-state index is -3.29. The molecule has 4 rings (SSSR count). The van der Waals surface area contributed by atoms with Crippen LogP contribution in [0.5, 0.6) is 0 Å². The van der Waals surface area contributed by atoms with Gasteiger partial charge in [0.1, 0.15) is 0 Å². The van der Waals surface area contributed by atoms with Gasteiger partial charge in [-0.25, -0.2) is 8.42 Å². The van der Waals surface area contributed by atoms with Gasteiger partial charge in [0, 0.05) is 12.6 Å². The summed E-state index contributed by atoms with van der Waals surface area (Å²) in [5.41, 5.74) is 4.04. The standard InChI is InChI=1S/C24H32N2O3S/c1-18-14-22-16-21(8-9-23(22)26(18)30(2,28)29)24(27)17-25-12-10-20(11-13-25)15-19-6-4-3-5-7-19/h3-9,16,18,20,24,27H,10-15,17H2,1-2H3/t18-,24-/m0/s1. The Morgan fingerprint density at radius 2 is 1.80 bits per heavy atom. The van der Waals surface area contributed by atoms with Crippen molar-refractivity contribution in [3.05, 3.63) is 65.2 Å². The molecule has 0 aliphatic carbocycles. The van der Waals surface area contributed by atoms with Crippen LogP contribution in [0.15, 0.2) is 48.5 Å². The number of rotatable bonds is 6. The minimum Gasteiger partial charge on any atom is -0.387 e. The van der Waals surface area contributed by atoms with Gasteiger partial charge in [0.05, 0.1) is 18.0 Å². The van der Waals surface area contributed by atoms with Crippen LogP contribution in [0.4, 0.5) is 5.69 Å². The van der Waals surface area contributed by atoms with Gasteiger partial charge in [-0.05, 0) is 74.4 Å². The molecule has 0 saturated carbocycles. The van der Waals surface area contributed by atoms with Crippen molar-refractivity contribution in [2.75, 3.05) is 30.2 Å². The van der Waals surface area contributed by atoms with Gasteiger partial charge in [0.15, 0.2) is 0 Å². The van der Waals surface area contributed by atoms with Crippen LogP contribution in [0.3, 0.4) is 0 Å². The zero-order valence-corrected chi connectivity index (χ0v) is 18.7. The van der Waals surface area contributed by atoms with E-state index < -0.39 is 16.1 Å². The summed E-state index contributed by atoms with van der Waals surface area (Å²) < 4.78 is 25.7. The van der Waals surface area contributed by atoms with Crippen LogP contribution in [0, 0.1) is 5.92 Å². The summed E-state index contributed by atoms with van der Waals surface area (Å²) in [4.78, 5) is 2.35. The van der Waals surface area contributed by atoms with E-state index in [0.29, 0.717) is 18.9 Å². The molecule has 0 bridgehead atoms. The Morgan fingerprint density at radius 3 is 2.47 bits per heavy atom. The van der Waals surface area contributed by atoms with E-state index in [2.05, 4.69) is 35.2 Å². The first kappa shape index (κ1) is 21.3. The molecular weight excluding hydrogens is 396 g/mol. The fraction of sp³-hybridized carbons (Fsp3) is 0.500. The Hall–Kier alpha value is -1.89. The lowest BCUT2D eigenvalue weighted by Crippen LogP contribution is -2.37. The summed E-state index contributed by atoms with van der Waals surface area (Å²) in [6.07, 6.45) is 4.84. The maximum Gasteiger partial charge on any atom is 0.232 e. The zero-order valence-electron chi connectivity index (χ0n) is 17.9. The maximum atomic E-state index is 12.1. The van der Waals surface area contributed by atoms with Crippen molar-refractivity contribution in [3.8, 4) is 0 Å². The van der Waals surface area contributed by atoms with Gasteiger partial charge in [-0.15, -0.1) is 0 Å². The molecular formula is C24H32N2O3S. The summed E-state index contributed by atoms with van der Waals surface area (Å²) >= 11 is 0. The zero-order chi connectivity index (χ0) is 21.3. The largest absolute Gasteiger partial charge is 0.387 e. The van der Waals surface area contributed by atoms with Crippen LogP contribution in [0.25, 0.3) is 0 Å². The van der Waals surface area contributed by atoms with Crippen LogP contribution >= 0.6 is 0 Å². The molecule has 2 aliphatic rings. The first-order chi connectivity index (χ1) is 14.3. The first-order valence-electron chi connectivity index (χ1n) is 10.9.